The van der Waals surface area contributed by atoms with Crippen molar-refractivity contribution in [3.63, 3.8) is 0 Å². The van der Waals surface area contributed by atoms with Crippen LogP contribution in [-0.2, 0) is 6.42 Å². The highest BCUT2D eigenvalue weighted by Crippen LogP contribution is 2.15. The van der Waals surface area contributed by atoms with E-state index in [0.29, 0.717) is 22.2 Å². The van der Waals surface area contributed by atoms with Gasteiger partial charge < -0.3 is 0 Å². The zero-order valence-electron chi connectivity index (χ0n) is 10.9. The molecule has 0 unspecified atom stereocenters. The lowest BCUT2D eigenvalue weighted by atomic mass is 10.0. The summed E-state index contributed by atoms with van der Waals surface area (Å²) in [6, 6.07) is 8.04. The number of nitrogens with zero attached hydrogens (tertiary/aromatic N) is 2. The largest absolute Gasteiger partial charge is 0.294 e. The molecule has 3 nitrogen and oxygen atoms in total. The van der Waals surface area contributed by atoms with Crippen LogP contribution in [0.1, 0.15) is 15.9 Å². The third kappa shape index (κ3) is 2.91. The Hall–Kier alpha value is -2.69. The minimum atomic E-state index is -0.692. The maximum Gasteiger partial charge on any atom is 0.167 e. The second kappa shape index (κ2) is 5.36. The number of aromatic nitrogens is 2. The molecule has 0 N–H and O–H groups in total. The molecule has 3 rings (SSSR count). The van der Waals surface area contributed by atoms with Crippen molar-refractivity contribution in [2.45, 2.75) is 6.42 Å². The number of fused-ring (bicyclic) bond motifs is 1. The average molecular weight is 284 g/mol. The van der Waals surface area contributed by atoms with E-state index in [2.05, 4.69) is 9.97 Å². The molecule has 0 amide bonds. The van der Waals surface area contributed by atoms with Gasteiger partial charge in [-0.3, -0.25) is 14.8 Å². The van der Waals surface area contributed by atoms with Gasteiger partial charge in [-0.1, -0.05) is 0 Å². The van der Waals surface area contributed by atoms with Crippen molar-refractivity contribution in [3.8, 4) is 0 Å². The zero-order chi connectivity index (χ0) is 14.8. The van der Waals surface area contributed by atoms with E-state index in [4.69, 9.17) is 0 Å². The quantitative estimate of drug-likeness (QED) is 0.693. The molecule has 0 radical (unpaired) electrons. The molecule has 0 bridgehead atoms. The van der Waals surface area contributed by atoms with Crippen molar-refractivity contribution in [3.05, 3.63) is 71.6 Å². The number of hydrogen-bond donors (Lipinski definition) is 0. The van der Waals surface area contributed by atoms with Crippen LogP contribution >= 0.6 is 0 Å². The van der Waals surface area contributed by atoms with Crippen LogP contribution in [0.3, 0.4) is 0 Å². The standard InChI is InChI=1S/C16H10F2N2O/c17-12-5-10(6-13(18)9-12)7-16(21)11-1-2-14-15(8-11)20-4-3-19-14/h1-6,8-9H,7H2. The monoisotopic (exact) mass is 284 g/mol. The predicted molar refractivity (Wildman–Crippen MR) is 73.9 cm³/mol. The summed E-state index contributed by atoms with van der Waals surface area (Å²) in [5.74, 6) is -1.61. The van der Waals surface area contributed by atoms with Crippen molar-refractivity contribution in [1.82, 2.24) is 9.97 Å². The molecule has 21 heavy (non-hydrogen) atoms. The highest BCUT2D eigenvalue weighted by molar-refractivity contribution is 5.99. The topological polar surface area (TPSA) is 42.9 Å². The van der Waals surface area contributed by atoms with Gasteiger partial charge in [-0.2, -0.15) is 0 Å². The average Bonchev–Trinajstić information content (AvgIpc) is 2.45. The second-order valence-electron chi connectivity index (χ2n) is 4.64. The first kappa shape index (κ1) is 13.3. The molecule has 5 heteroatoms. The number of carbonyl (C=O) groups excluding carboxylic acids is 1. The smallest absolute Gasteiger partial charge is 0.167 e. The summed E-state index contributed by atoms with van der Waals surface area (Å²) in [6.07, 6.45) is 3.04. The fraction of sp³-hybridized carbons (Fsp3) is 0.0625. The summed E-state index contributed by atoms with van der Waals surface area (Å²) < 4.78 is 26.2. The normalized spacial score (nSPS) is 10.8. The van der Waals surface area contributed by atoms with Crippen LogP contribution in [0.25, 0.3) is 11.0 Å². The predicted octanol–water partition coefficient (Wildman–Crippen LogP) is 3.33. The van der Waals surface area contributed by atoms with E-state index in [9.17, 15) is 13.6 Å². The lowest BCUT2D eigenvalue weighted by Crippen LogP contribution is -2.04. The van der Waals surface area contributed by atoms with Gasteiger partial charge in [0, 0.05) is 30.4 Å². The first-order valence-electron chi connectivity index (χ1n) is 6.31. The van der Waals surface area contributed by atoms with Crippen LogP contribution in [0.5, 0.6) is 0 Å². The molecule has 0 aliphatic rings. The molecule has 0 aliphatic carbocycles. The Morgan fingerprint density at radius 3 is 2.29 bits per heavy atom. The Morgan fingerprint density at radius 2 is 1.57 bits per heavy atom. The lowest BCUT2D eigenvalue weighted by Gasteiger charge is -2.04. The molecule has 1 aromatic heterocycles. The van der Waals surface area contributed by atoms with Crippen molar-refractivity contribution >= 4 is 16.8 Å². The summed E-state index contributed by atoms with van der Waals surface area (Å²) in [7, 11) is 0. The van der Waals surface area contributed by atoms with Crippen molar-refractivity contribution in [1.29, 1.82) is 0 Å². The minimum absolute atomic E-state index is 0.0690. The number of ketones is 1. The molecule has 104 valence electrons. The van der Waals surface area contributed by atoms with Gasteiger partial charge >= 0.3 is 0 Å². The highest BCUT2D eigenvalue weighted by atomic mass is 19.1. The summed E-state index contributed by atoms with van der Waals surface area (Å²) in [4.78, 5) is 20.4. The Labute approximate surface area is 119 Å². The van der Waals surface area contributed by atoms with Crippen LogP contribution in [0.15, 0.2) is 48.8 Å². The van der Waals surface area contributed by atoms with Crippen molar-refractivity contribution in [2.75, 3.05) is 0 Å². The molecule has 0 fully saturated rings. The van der Waals surface area contributed by atoms with E-state index in [1.165, 1.54) is 0 Å². The van der Waals surface area contributed by atoms with Crippen LogP contribution in [-0.4, -0.2) is 15.8 Å². The zero-order valence-corrected chi connectivity index (χ0v) is 10.9. The van der Waals surface area contributed by atoms with Gasteiger partial charge in [0.25, 0.3) is 0 Å². The fourth-order valence-electron chi connectivity index (χ4n) is 2.14. The van der Waals surface area contributed by atoms with E-state index in [-0.39, 0.29) is 12.2 Å². The minimum Gasteiger partial charge on any atom is -0.294 e. The highest BCUT2D eigenvalue weighted by Gasteiger charge is 2.10. The number of benzene rings is 2. The van der Waals surface area contributed by atoms with Crippen molar-refractivity contribution < 1.29 is 13.6 Å². The van der Waals surface area contributed by atoms with Gasteiger partial charge in [-0.25, -0.2) is 8.78 Å². The first-order chi connectivity index (χ1) is 10.1. The molecular formula is C16H10F2N2O. The molecule has 2 aromatic carbocycles. The van der Waals surface area contributed by atoms with Gasteiger partial charge in [-0.15, -0.1) is 0 Å². The summed E-state index contributed by atoms with van der Waals surface area (Å²) >= 11 is 0. The van der Waals surface area contributed by atoms with Gasteiger partial charge in [0.2, 0.25) is 0 Å². The van der Waals surface area contributed by atoms with Gasteiger partial charge in [0.05, 0.1) is 11.0 Å². The Bertz CT molecular complexity index is 813. The maximum atomic E-state index is 13.1. The first-order valence-corrected chi connectivity index (χ1v) is 6.31. The van der Waals surface area contributed by atoms with Crippen LogP contribution < -0.4 is 0 Å². The molecule has 3 aromatic rings. The van der Waals surface area contributed by atoms with Gasteiger partial charge in [-0.05, 0) is 35.9 Å². The second-order valence-corrected chi connectivity index (χ2v) is 4.64. The summed E-state index contributed by atoms with van der Waals surface area (Å²) in [5, 5.41) is 0. The number of hydrogen-bond acceptors (Lipinski definition) is 3. The van der Waals surface area contributed by atoms with Crippen molar-refractivity contribution in [2.24, 2.45) is 0 Å². The van der Waals surface area contributed by atoms with Gasteiger partial charge in [0.15, 0.2) is 5.78 Å². The molecule has 0 saturated heterocycles. The van der Waals surface area contributed by atoms with Gasteiger partial charge in [0.1, 0.15) is 11.6 Å². The summed E-state index contributed by atoms with van der Waals surface area (Å²) in [6.45, 7) is 0. The third-order valence-electron chi connectivity index (χ3n) is 3.08. The Balaban J connectivity index is 1.89. The fourth-order valence-corrected chi connectivity index (χ4v) is 2.14. The number of rotatable bonds is 3. The van der Waals surface area contributed by atoms with E-state index >= 15 is 0 Å². The van der Waals surface area contributed by atoms with E-state index in [0.717, 1.165) is 18.2 Å². The number of halogens is 2. The SMILES string of the molecule is O=C(Cc1cc(F)cc(F)c1)c1ccc2nccnc2c1. The molecular weight excluding hydrogens is 274 g/mol. The van der Waals surface area contributed by atoms with E-state index in [1.807, 2.05) is 0 Å². The molecule has 0 saturated carbocycles. The molecule has 1 heterocycles. The van der Waals surface area contributed by atoms with Crippen LogP contribution in [0.2, 0.25) is 0 Å². The van der Waals surface area contributed by atoms with E-state index in [1.54, 1.807) is 30.6 Å². The Morgan fingerprint density at radius 1 is 0.905 bits per heavy atom. The summed E-state index contributed by atoms with van der Waals surface area (Å²) in [5.41, 5.74) is 2.03. The third-order valence-corrected chi connectivity index (χ3v) is 3.08. The number of carbonyl (C=O) groups is 1. The maximum absolute atomic E-state index is 13.1. The Kier molecular flexibility index (Phi) is 3.39. The molecule has 0 aliphatic heterocycles. The van der Waals surface area contributed by atoms with Crippen LogP contribution in [0.4, 0.5) is 8.78 Å². The number of Topliss-reactive ketones (excluding diaryl/α,β-unsaturated/α-hetero) is 1. The molecule has 0 atom stereocenters. The lowest BCUT2D eigenvalue weighted by molar-refractivity contribution is 0.0993. The van der Waals surface area contributed by atoms with Crippen LogP contribution in [0, 0.1) is 11.6 Å². The van der Waals surface area contributed by atoms with E-state index < -0.39 is 11.6 Å². The molecule has 0 spiro atoms.